The van der Waals surface area contributed by atoms with Crippen molar-refractivity contribution in [2.24, 2.45) is 0 Å². The highest BCUT2D eigenvalue weighted by Crippen LogP contribution is 2.19. The van der Waals surface area contributed by atoms with E-state index in [1.807, 2.05) is 24.8 Å². The summed E-state index contributed by atoms with van der Waals surface area (Å²) in [5, 5.41) is 73.7. The van der Waals surface area contributed by atoms with Crippen LogP contribution >= 0.6 is 0 Å². The van der Waals surface area contributed by atoms with Crippen LogP contribution in [0, 0.1) is 0 Å². The van der Waals surface area contributed by atoms with Crippen LogP contribution in [-0.2, 0) is 0 Å². The normalized spacial score (nSPS) is 9.75. The number of aromatic carboxylic acids is 8. The van der Waals surface area contributed by atoms with Gasteiger partial charge in [0, 0.05) is 35.4 Å². The first kappa shape index (κ1) is 36.7. The minimum atomic E-state index is -1.91. The Morgan fingerprint density at radius 2 is 0.562 bits per heavy atom. The van der Waals surface area contributed by atoms with Gasteiger partial charge in [-0.3, -0.25) is 0 Å². The summed E-state index contributed by atoms with van der Waals surface area (Å²) in [5.41, 5.74) is -4.33. The van der Waals surface area contributed by atoms with Gasteiger partial charge >= 0.3 is 35.8 Å². The quantitative estimate of drug-likeness (QED) is 0.128. The third kappa shape index (κ3) is 9.25. The van der Waals surface area contributed by atoms with Gasteiger partial charge in [-0.25, -0.2) is 38.7 Å². The number of pyridine rings is 2. The molecule has 8 N–H and O–H groups in total. The van der Waals surface area contributed by atoms with E-state index in [2.05, 4.69) is 34.2 Å². The summed E-state index contributed by atoms with van der Waals surface area (Å²) < 4.78 is 0. The van der Waals surface area contributed by atoms with Crippen molar-refractivity contribution >= 4 is 47.8 Å². The summed E-state index contributed by atoms with van der Waals surface area (Å²) in [4.78, 5) is 91.9. The van der Waals surface area contributed by atoms with E-state index in [1.54, 1.807) is 0 Å². The van der Waals surface area contributed by atoms with Crippen molar-refractivity contribution in [2.45, 2.75) is 0 Å². The van der Waals surface area contributed by atoms with E-state index < -0.39 is 92.3 Å². The Balaban J connectivity index is 0.000000255. The van der Waals surface area contributed by atoms with Crippen LogP contribution in [-0.4, -0.2) is 78.4 Å². The first-order chi connectivity index (χ1) is 22.5. The molecule has 0 saturated heterocycles. The fourth-order valence-corrected chi connectivity index (χ4v) is 3.76. The van der Waals surface area contributed by atoms with E-state index >= 15 is 0 Å². The zero-order valence-electron chi connectivity index (χ0n) is 23.7. The SMILES string of the molecule is O=C([O-])c1cc(C(=O)O)c(C(=O)O)cc1C(=O)O.O=C([O-])c1cc(C(=O)O)c(C(=O)O)cc1C(=O)O.c1cc(-c2cc[nH+]cc2)cc[nH+]1. The maximum atomic E-state index is 10.8. The third-order valence-electron chi connectivity index (χ3n) is 5.91. The predicted octanol–water partition coefficient (Wildman–Crippen LogP) is -0.729. The second kappa shape index (κ2) is 16.0. The summed E-state index contributed by atoms with van der Waals surface area (Å²) in [6, 6.07) is 10.0. The third-order valence-corrected chi connectivity index (χ3v) is 5.91. The molecule has 0 aliphatic carbocycles. The van der Waals surface area contributed by atoms with Gasteiger partial charge in [-0.05, 0) is 35.4 Å². The standard InChI is InChI=1S/C10H8N2.2C10H6O8/c1-5-11-6-2-9(1)10-3-7-12-8-4-10;2*11-7(12)3-1-4(8(13)14)6(10(17)18)2-5(3)9(15)16/h1-8H;2*1-2H,(H,11,12)(H,13,14)(H,15,16)(H,17,18). The van der Waals surface area contributed by atoms with E-state index in [9.17, 15) is 48.6 Å². The van der Waals surface area contributed by atoms with E-state index in [0.29, 0.717) is 24.3 Å². The number of hydrogen-bond donors (Lipinski definition) is 6. The van der Waals surface area contributed by atoms with Crippen molar-refractivity contribution in [1.29, 1.82) is 0 Å². The van der Waals surface area contributed by atoms with Gasteiger partial charge < -0.3 is 50.4 Å². The molecule has 0 aliphatic heterocycles. The monoisotopic (exact) mass is 664 g/mol. The average Bonchev–Trinajstić information content (AvgIpc) is 3.04. The Morgan fingerprint density at radius 1 is 0.375 bits per heavy atom. The number of carboxylic acid groups (broad SMARTS) is 8. The lowest BCUT2D eigenvalue weighted by Gasteiger charge is -2.10. The van der Waals surface area contributed by atoms with Crippen LogP contribution in [0.3, 0.4) is 0 Å². The van der Waals surface area contributed by atoms with Gasteiger partial charge in [0.2, 0.25) is 0 Å². The number of H-pyrrole nitrogens is 2. The molecule has 0 aliphatic rings. The lowest BCUT2D eigenvalue weighted by atomic mass is 9.98. The van der Waals surface area contributed by atoms with Crippen molar-refractivity contribution in [2.75, 3.05) is 0 Å². The maximum absolute atomic E-state index is 10.8. The number of rotatable bonds is 9. The zero-order chi connectivity index (χ0) is 36.3. The van der Waals surface area contributed by atoms with Crippen LogP contribution in [0.15, 0.2) is 73.3 Å². The number of carbonyl (C=O) groups excluding carboxylic acids is 2. The van der Waals surface area contributed by atoms with Gasteiger partial charge in [0.15, 0.2) is 24.8 Å². The molecule has 48 heavy (non-hydrogen) atoms. The molecule has 4 rings (SSSR count). The van der Waals surface area contributed by atoms with Crippen LogP contribution in [0.5, 0.6) is 0 Å². The van der Waals surface area contributed by atoms with E-state index in [0.717, 1.165) is 0 Å². The molecule has 2 aromatic heterocycles. The molecule has 0 fully saturated rings. The van der Waals surface area contributed by atoms with E-state index in [-0.39, 0.29) is 0 Å². The topological polar surface area (TPSA) is 332 Å². The molecule has 246 valence electrons. The largest absolute Gasteiger partial charge is 0.545 e. The maximum Gasteiger partial charge on any atom is 0.336 e. The molecule has 0 radical (unpaired) electrons. The van der Waals surface area contributed by atoms with Crippen LogP contribution < -0.4 is 20.2 Å². The van der Waals surface area contributed by atoms with Gasteiger partial charge in [0.25, 0.3) is 0 Å². The molecule has 0 atom stereocenters. The molecule has 2 aromatic carbocycles. The van der Waals surface area contributed by atoms with Crippen LogP contribution in [0.1, 0.15) is 82.9 Å². The first-order valence-corrected chi connectivity index (χ1v) is 12.6. The Kier molecular flexibility index (Phi) is 12.2. The Labute approximate surface area is 266 Å². The molecule has 0 bridgehead atoms. The molecule has 0 spiro atoms. The summed E-state index contributed by atoms with van der Waals surface area (Å²) in [7, 11) is 0. The molecular formula is C30H20N2O16. The van der Waals surface area contributed by atoms with Crippen LogP contribution in [0.4, 0.5) is 0 Å². The number of carbonyl (C=O) groups is 8. The van der Waals surface area contributed by atoms with Crippen molar-refractivity contribution in [3.63, 3.8) is 0 Å². The number of benzene rings is 2. The van der Waals surface area contributed by atoms with Gasteiger partial charge in [-0.15, -0.1) is 0 Å². The van der Waals surface area contributed by atoms with Crippen LogP contribution in [0.25, 0.3) is 11.1 Å². The molecule has 18 nitrogen and oxygen atoms in total. The smallest absolute Gasteiger partial charge is 0.336 e. The summed E-state index contributed by atoms with van der Waals surface area (Å²) in [6.07, 6.45) is 7.69. The minimum Gasteiger partial charge on any atom is -0.545 e. The molecule has 4 aromatic rings. The van der Waals surface area contributed by atoms with Gasteiger partial charge in [-0.2, -0.15) is 0 Å². The average molecular weight is 664 g/mol. The molecule has 18 heteroatoms. The predicted molar refractivity (Wildman–Crippen MR) is 148 cm³/mol. The zero-order valence-corrected chi connectivity index (χ0v) is 23.7. The van der Waals surface area contributed by atoms with Gasteiger partial charge in [0.05, 0.1) is 45.3 Å². The van der Waals surface area contributed by atoms with Crippen LogP contribution in [0.2, 0.25) is 0 Å². The fraction of sp³-hybridized carbons (Fsp3) is 0. The summed E-state index contributed by atoms with van der Waals surface area (Å²) in [5.74, 6) is -14.0. The Morgan fingerprint density at radius 3 is 0.750 bits per heavy atom. The fourth-order valence-electron chi connectivity index (χ4n) is 3.76. The molecular weight excluding hydrogens is 644 g/mol. The summed E-state index contributed by atoms with van der Waals surface area (Å²) >= 11 is 0. The number of aromatic amines is 2. The first-order valence-electron chi connectivity index (χ1n) is 12.6. The number of nitrogens with one attached hydrogen (secondary N) is 2. The molecule has 2 heterocycles. The molecule has 0 unspecified atom stereocenters. The van der Waals surface area contributed by atoms with Crippen molar-refractivity contribution in [3.8, 4) is 11.1 Å². The number of aromatic nitrogens is 2. The highest BCUT2D eigenvalue weighted by molar-refractivity contribution is 6.09. The summed E-state index contributed by atoms with van der Waals surface area (Å²) in [6.45, 7) is 0. The van der Waals surface area contributed by atoms with Crippen molar-refractivity contribution in [3.05, 3.63) is 118 Å². The van der Waals surface area contributed by atoms with E-state index in [1.165, 1.54) is 11.1 Å². The highest BCUT2D eigenvalue weighted by atomic mass is 16.4. The van der Waals surface area contributed by atoms with Crippen molar-refractivity contribution < 1.29 is 89.2 Å². The highest BCUT2D eigenvalue weighted by Gasteiger charge is 2.24. The second-order valence-corrected chi connectivity index (χ2v) is 8.87. The Bertz CT molecular complexity index is 1600. The second-order valence-electron chi connectivity index (χ2n) is 8.87. The minimum absolute atomic E-state index is 0.449. The van der Waals surface area contributed by atoms with E-state index in [4.69, 9.17) is 30.6 Å². The number of carboxylic acids is 8. The van der Waals surface area contributed by atoms with Gasteiger partial charge in [-0.1, -0.05) is 0 Å². The lowest BCUT2D eigenvalue weighted by Crippen LogP contribution is -2.26. The number of hydrogen-bond acceptors (Lipinski definition) is 10. The Hall–Kier alpha value is -7.50. The molecule has 0 saturated carbocycles. The van der Waals surface area contributed by atoms with Crippen molar-refractivity contribution in [1.82, 2.24) is 0 Å². The molecule has 0 amide bonds. The lowest BCUT2D eigenvalue weighted by molar-refractivity contribution is -0.378. The van der Waals surface area contributed by atoms with Gasteiger partial charge in [0.1, 0.15) is 0 Å².